The number of carbonyl (C=O) groups is 6. The molecule has 43 heavy (non-hydrogen) atoms. The first-order valence-corrected chi connectivity index (χ1v) is 15.6. The van der Waals surface area contributed by atoms with Crippen LogP contribution in [0.3, 0.4) is 0 Å². The number of guanidine groups is 1. The molecule has 12 heteroatoms. The third-order valence-electron chi connectivity index (χ3n) is 8.44. The van der Waals surface area contributed by atoms with Gasteiger partial charge in [0.2, 0.25) is 35.5 Å². The highest BCUT2D eigenvalue weighted by molar-refractivity contribution is 6.25. The lowest BCUT2D eigenvalue weighted by atomic mass is 9.88. The maximum Gasteiger partial charge on any atom is 0.331 e. The summed E-state index contributed by atoms with van der Waals surface area (Å²) in [6, 6.07) is -1.94. The smallest absolute Gasteiger partial charge is 0.331 e. The van der Waals surface area contributed by atoms with E-state index >= 15 is 0 Å². The molecule has 0 spiro atoms. The predicted molar refractivity (Wildman–Crippen MR) is 157 cm³/mol. The minimum atomic E-state index is -1.21. The van der Waals surface area contributed by atoms with Crippen molar-refractivity contribution in [3.05, 3.63) is 11.6 Å². The van der Waals surface area contributed by atoms with Gasteiger partial charge in [-0.1, -0.05) is 53.4 Å². The molecule has 2 saturated heterocycles. The highest BCUT2D eigenvalue weighted by Crippen LogP contribution is 2.33. The molecule has 12 nitrogen and oxygen atoms in total. The molecule has 0 aromatic heterocycles. The lowest BCUT2D eigenvalue weighted by Gasteiger charge is -2.37. The maximum atomic E-state index is 13.6. The van der Waals surface area contributed by atoms with Gasteiger partial charge in [0.25, 0.3) is 0 Å². The van der Waals surface area contributed by atoms with Crippen LogP contribution in [0, 0.1) is 11.8 Å². The van der Waals surface area contributed by atoms with Crippen LogP contribution in [-0.4, -0.2) is 80.7 Å². The number of carboxylic acid groups (broad SMARTS) is 1. The zero-order valence-electron chi connectivity index (χ0n) is 26.0. The Morgan fingerprint density at radius 3 is 1.86 bits per heavy atom. The summed E-state index contributed by atoms with van der Waals surface area (Å²) in [6.07, 6.45) is 5.30. The molecule has 2 unspecified atom stereocenters. The molecule has 5 atom stereocenters. The number of aliphatic carboxylic acids is 1. The van der Waals surface area contributed by atoms with Crippen molar-refractivity contribution in [1.82, 2.24) is 15.1 Å². The lowest BCUT2D eigenvalue weighted by Crippen LogP contribution is -2.56. The van der Waals surface area contributed by atoms with Crippen molar-refractivity contribution in [3.63, 3.8) is 0 Å². The number of ether oxygens (including phenoxy) is 1. The van der Waals surface area contributed by atoms with Crippen molar-refractivity contribution in [2.75, 3.05) is 0 Å². The van der Waals surface area contributed by atoms with Crippen LogP contribution in [0.15, 0.2) is 16.6 Å². The van der Waals surface area contributed by atoms with Gasteiger partial charge in [-0.15, -0.1) is 0 Å². The number of unbranched alkanes of at least 4 members (excludes halogenated alkanes) is 2. The normalized spacial score (nSPS) is 25.9. The summed E-state index contributed by atoms with van der Waals surface area (Å²) >= 11 is 0. The summed E-state index contributed by atoms with van der Waals surface area (Å²) in [5.41, 5.74) is -0.0227. The number of likely N-dealkylation sites (tertiary alicyclic amines) is 2. The van der Waals surface area contributed by atoms with Crippen LogP contribution >= 0.6 is 0 Å². The molecule has 0 bridgehead atoms. The fraction of sp³-hybridized carbons (Fsp3) is 0.710. The van der Waals surface area contributed by atoms with Gasteiger partial charge in [0.15, 0.2) is 0 Å². The molecule has 0 aromatic rings. The van der Waals surface area contributed by atoms with Gasteiger partial charge in [-0.2, -0.15) is 0 Å². The Morgan fingerprint density at radius 2 is 1.44 bits per heavy atom. The van der Waals surface area contributed by atoms with Crippen molar-refractivity contribution in [2.24, 2.45) is 16.8 Å². The van der Waals surface area contributed by atoms with Crippen molar-refractivity contribution in [3.8, 4) is 0 Å². The van der Waals surface area contributed by atoms with Gasteiger partial charge in [0.05, 0.1) is 24.3 Å². The zero-order valence-corrected chi connectivity index (χ0v) is 26.0. The summed E-state index contributed by atoms with van der Waals surface area (Å²) in [4.78, 5) is 84.9. The molecule has 3 rings (SSSR count). The first-order valence-electron chi connectivity index (χ1n) is 15.6. The lowest BCUT2D eigenvalue weighted by molar-refractivity contribution is -0.138. The van der Waals surface area contributed by atoms with Gasteiger partial charge < -0.3 is 15.2 Å². The summed E-state index contributed by atoms with van der Waals surface area (Å²) in [6.45, 7) is 9.12. The van der Waals surface area contributed by atoms with E-state index in [1.807, 2.05) is 27.7 Å². The molecule has 2 N–H and O–H groups in total. The summed E-state index contributed by atoms with van der Waals surface area (Å²) < 4.78 is 6.23. The summed E-state index contributed by atoms with van der Waals surface area (Å²) in [5, 5.41) is 12.8. The highest BCUT2D eigenvalue weighted by Gasteiger charge is 2.50. The van der Waals surface area contributed by atoms with Crippen LogP contribution in [0.2, 0.25) is 0 Å². The fourth-order valence-electron chi connectivity index (χ4n) is 5.99. The van der Waals surface area contributed by atoms with E-state index in [1.54, 1.807) is 0 Å². The second-order valence-corrected chi connectivity index (χ2v) is 11.7. The Balaban J connectivity index is 2.16. The molecule has 0 aromatic carbocycles. The quantitative estimate of drug-likeness (QED) is 0.184. The molecule has 238 valence electrons. The van der Waals surface area contributed by atoms with E-state index in [0.717, 1.165) is 35.5 Å². The van der Waals surface area contributed by atoms with Crippen LogP contribution in [0.1, 0.15) is 105 Å². The predicted octanol–water partition coefficient (Wildman–Crippen LogP) is 3.33. The number of imide groups is 2. The Hall–Kier alpha value is -3.41. The Labute approximate surface area is 253 Å². The molecular formula is C31H46N4O8. The first-order chi connectivity index (χ1) is 20.5. The molecular weight excluding hydrogens is 556 g/mol. The number of hydrogen-bond donors (Lipinski definition) is 2. The monoisotopic (exact) mass is 602 g/mol. The molecule has 2 fully saturated rings. The van der Waals surface area contributed by atoms with Gasteiger partial charge in [0.1, 0.15) is 0 Å². The Kier molecular flexibility index (Phi) is 12.2. The van der Waals surface area contributed by atoms with Crippen LogP contribution in [0.5, 0.6) is 0 Å². The molecule has 0 radical (unpaired) electrons. The van der Waals surface area contributed by atoms with E-state index in [4.69, 9.17) is 9.73 Å². The van der Waals surface area contributed by atoms with Crippen LogP contribution < -0.4 is 5.32 Å². The van der Waals surface area contributed by atoms with Gasteiger partial charge >= 0.3 is 5.97 Å². The third-order valence-corrected chi connectivity index (χ3v) is 8.44. The number of rotatable bonds is 13. The van der Waals surface area contributed by atoms with E-state index < -0.39 is 71.5 Å². The molecule has 2 heterocycles. The minimum absolute atomic E-state index is 0.0227. The van der Waals surface area contributed by atoms with Crippen molar-refractivity contribution < 1.29 is 38.6 Å². The zero-order chi connectivity index (χ0) is 31.8. The average Bonchev–Trinajstić information content (AvgIpc) is 3.41. The van der Waals surface area contributed by atoms with E-state index in [1.165, 1.54) is 13.0 Å². The second-order valence-electron chi connectivity index (χ2n) is 11.7. The molecule has 0 saturated carbocycles. The number of nitrogens with one attached hydrogen (secondary N) is 1. The van der Waals surface area contributed by atoms with Crippen molar-refractivity contribution in [1.29, 1.82) is 0 Å². The van der Waals surface area contributed by atoms with E-state index in [2.05, 4.69) is 5.32 Å². The second kappa shape index (κ2) is 15.4. The average molecular weight is 603 g/mol. The highest BCUT2D eigenvalue weighted by atomic mass is 16.5. The number of carboxylic acids is 1. The van der Waals surface area contributed by atoms with Gasteiger partial charge in [0, 0.05) is 43.6 Å². The number of nitrogens with zero attached hydrogens (tertiary/aromatic N) is 3. The van der Waals surface area contributed by atoms with Crippen LogP contribution in [-0.2, 0) is 33.5 Å². The first kappa shape index (κ1) is 34.1. The Bertz CT molecular complexity index is 1110. The van der Waals surface area contributed by atoms with Crippen LogP contribution in [0.4, 0.5) is 0 Å². The van der Waals surface area contributed by atoms with E-state index in [-0.39, 0.29) is 30.9 Å². The molecule has 3 aliphatic rings. The molecule has 1 aliphatic carbocycles. The number of amides is 5. The van der Waals surface area contributed by atoms with E-state index in [0.29, 0.717) is 25.7 Å². The van der Waals surface area contributed by atoms with Crippen LogP contribution in [0.25, 0.3) is 0 Å². The molecule has 2 aliphatic heterocycles. The Morgan fingerprint density at radius 1 is 0.930 bits per heavy atom. The van der Waals surface area contributed by atoms with E-state index in [9.17, 15) is 33.9 Å². The fourth-order valence-corrected chi connectivity index (χ4v) is 5.99. The topological polar surface area (TPSA) is 163 Å². The summed E-state index contributed by atoms with van der Waals surface area (Å²) in [5.74, 6) is -5.49. The standard InChI is InChI=1S/C31H46N4O8/c1-6-10-12-19-16-25(37)34(28(19)39)31(35-26(38)17-20(29(35)40)13-11-7-2)33-23-14-21(30(41)42)15-24(27(23)32-18(5)36)43-22(8-3)9-4/h15,19-20,22-24,27H,6-14,16-17H2,1-5H3,(H,32,36)(H,41,42)/t19?,20?,23-,24+,27+/m0/s1. The molecule has 5 amide bonds. The van der Waals surface area contributed by atoms with Gasteiger partial charge in [-0.25, -0.2) is 19.6 Å². The SMILES string of the molecule is CCCCC1CC(=O)N(C(=N[C@H]2CC(C(=O)O)=C[C@@H](OC(CC)CC)[C@@H]2NC(C)=O)N2C(=O)CC(CCCC)C2=O)C1=O. The number of hydrogen-bond acceptors (Lipinski definition) is 8. The van der Waals surface area contributed by atoms with Gasteiger partial charge in [-0.3, -0.25) is 24.0 Å². The van der Waals surface area contributed by atoms with Crippen molar-refractivity contribution >= 4 is 41.5 Å². The number of aliphatic imine (C=N–C) groups is 1. The van der Waals surface area contributed by atoms with Gasteiger partial charge in [-0.05, 0) is 31.8 Å². The van der Waals surface area contributed by atoms with Crippen molar-refractivity contribution in [2.45, 2.75) is 130 Å². The summed E-state index contributed by atoms with van der Waals surface area (Å²) in [7, 11) is 0. The minimum Gasteiger partial charge on any atom is -0.478 e. The number of carbonyl (C=O) groups excluding carboxylic acids is 5. The maximum absolute atomic E-state index is 13.6. The largest absolute Gasteiger partial charge is 0.478 e. The third kappa shape index (κ3) is 7.95.